The molecule has 0 spiro atoms. The number of carbonyl (C=O) groups is 2. The normalized spacial score (nSPS) is 25.4. The molecule has 21 heavy (non-hydrogen) atoms. The van der Waals surface area contributed by atoms with Crippen LogP contribution in [0.2, 0.25) is 0 Å². The monoisotopic (exact) mass is 303 g/mol. The fraction of sp³-hybridized carbons (Fsp3) is 0.357. The molecule has 1 unspecified atom stereocenters. The molecule has 3 aliphatic heterocycles. The Labute approximate surface area is 125 Å². The number of nitrogens with zero attached hydrogens (tertiary/aromatic N) is 3. The van der Waals surface area contributed by atoms with Crippen molar-refractivity contribution in [1.29, 1.82) is 0 Å². The molecule has 1 aromatic rings. The number of hydrogen-bond donors (Lipinski definition) is 1. The van der Waals surface area contributed by atoms with Gasteiger partial charge in [0.25, 0.3) is 5.91 Å². The number of thioether (sulfide) groups is 1. The van der Waals surface area contributed by atoms with Crippen molar-refractivity contribution in [1.82, 2.24) is 14.7 Å². The molecule has 4 heterocycles. The van der Waals surface area contributed by atoms with E-state index in [9.17, 15) is 9.59 Å². The summed E-state index contributed by atoms with van der Waals surface area (Å²) in [4.78, 5) is 24.5. The van der Waals surface area contributed by atoms with Gasteiger partial charge in [0, 0.05) is 17.6 Å². The summed E-state index contributed by atoms with van der Waals surface area (Å²) in [5.74, 6) is -1.29. The number of carboxylic acid groups (broad SMARTS) is 1. The molecule has 0 saturated carbocycles. The van der Waals surface area contributed by atoms with E-state index in [-0.39, 0.29) is 17.0 Å². The first-order valence-corrected chi connectivity index (χ1v) is 7.80. The van der Waals surface area contributed by atoms with Crippen LogP contribution >= 0.6 is 11.8 Å². The van der Waals surface area contributed by atoms with Crippen LogP contribution < -0.4 is 0 Å². The van der Waals surface area contributed by atoms with E-state index in [1.165, 1.54) is 34.2 Å². The summed E-state index contributed by atoms with van der Waals surface area (Å²) >= 11 is 1.35. The summed E-state index contributed by atoms with van der Waals surface area (Å²) < 4.78 is 2.00. The van der Waals surface area contributed by atoms with Gasteiger partial charge in [-0.15, -0.1) is 11.8 Å². The van der Waals surface area contributed by atoms with Crippen molar-refractivity contribution in [2.75, 3.05) is 0 Å². The molecular formula is C14H13N3O3S. The van der Waals surface area contributed by atoms with Crippen LogP contribution in [0, 0.1) is 0 Å². The van der Waals surface area contributed by atoms with Gasteiger partial charge < -0.3 is 5.11 Å². The van der Waals surface area contributed by atoms with Crippen LogP contribution in [0.25, 0.3) is 6.08 Å². The molecule has 1 N–H and O–H groups in total. The second-order valence-corrected chi connectivity index (χ2v) is 6.27. The highest BCUT2D eigenvalue weighted by molar-refractivity contribution is 8.03. The Kier molecular flexibility index (Phi) is 2.72. The van der Waals surface area contributed by atoms with E-state index >= 15 is 0 Å². The topological polar surface area (TPSA) is 75.4 Å². The highest BCUT2D eigenvalue weighted by Crippen LogP contribution is 2.45. The summed E-state index contributed by atoms with van der Waals surface area (Å²) in [5.41, 5.74) is 2.69. The third-order valence-electron chi connectivity index (χ3n) is 3.99. The van der Waals surface area contributed by atoms with E-state index in [0.717, 1.165) is 25.1 Å². The van der Waals surface area contributed by atoms with Crippen LogP contribution in [0.15, 0.2) is 22.7 Å². The van der Waals surface area contributed by atoms with Gasteiger partial charge in [-0.3, -0.25) is 14.4 Å². The molecule has 108 valence electrons. The Morgan fingerprint density at radius 2 is 2.33 bits per heavy atom. The van der Waals surface area contributed by atoms with E-state index < -0.39 is 5.97 Å². The van der Waals surface area contributed by atoms with Crippen molar-refractivity contribution in [3.63, 3.8) is 0 Å². The zero-order chi connectivity index (χ0) is 14.6. The van der Waals surface area contributed by atoms with Crippen LogP contribution in [0.3, 0.4) is 0 Å². The predicted octanol–water partition coefficient (Wildman–Crippen LogP) is 1.44. The first-order chi connectivity index (χ1) is 10.1. The highest BCUT2D eigenvalue weighted by atomic mass is 32.2. The van der Waals surface area contributed by atoms with Crippen LogP contribution in [0.1, 0.15) is 24.2 Å². The zero-order valence-electron chi connectivity index (χ0n) is 11.2. The molecule has 1 atom stereocenters. The van der Waals surface area contributed by atoms with Crippen LogP contribution in [-0.4, -0.2) is 37.0 Å². The number of rotatable bonds is 2. The van der Waals surface area contributed by atoms with Gasteiger partial charge in [0.15, 0.2) is 0 Å². The molecule has 1 amide bonds. The summed E-state index contributed by atoms with van der Waals surface area (Å²) in [5, 5.41) is 14.9. The minimum atomic E-state index is -1.06. The van der Waals surface area contributed by atoms with E-state index in [2.05, 4.69) is 5.10 Å². The summed E-state index contributed by atoms with van der Waals surface area (Å²) in [7, 11) is 0. The van der Waals surface area contributed by atoms with E-state index in [0.29, 0.717) is 5.57 Å². The third-order valence-corrected chi connectivity index (χ3v) is 5.07. The largest absolute Gasteiger partial charge is 0.477 e. The van der Waals surface area contributed by atoms with Crippen LogP contribution in [-0.2, 0) is 22.6 Å². The Morgan fingerprint density at radius 1 is 1.48 bits per heavy atom. The lowest BCUT2D eigenvalue weighted by Crippen LogP contribution is -2.51. The Bertz CT molecular complexity index is 696. The Balaban J connectivity index is 1.60. The summed E-state index contributed by atoms with van der Waals surface area (Å²) in [6.07, 6.45) is 5.14. The van der Waals surface area contributed by atoms with Crippen molar-refractivity contribution in [2.24, 2.45) is 0 Å². The van der Waals surface area contributed by atoms with Gasteiger partial charge >= 0.3 is 5.97 Å². The molecule has 0 bridgehead atoms. The molecule has 1 fully saturated rings. The van der Waals surface area contributed by atoms with Crippen molar-refractivity contribution < 1.29 is 14.7 Å². The lowest BCUT2D eigenvalue weighted by Gasteiger charge is -2.36. The van der Waals surface area contributed by atoms with Gasteiger partial charge in [0.1, 0.15) is 11.1 Å². The number of carboxylic acids is 1. The number of aryl methyl sites for hydroxylation is 2. The van der Waals surface area contributed by atoms with Crippen molar-refractivity contribution in [3.8, 4) is 0 Å². The maximum atomic E-state index is 12.1. The Hall–Kier alpha value is -2.02. The molecule has 1 saturated heterocycles. The number of amides is 1. The fourth-order valence-corrected chi connectivity index (χ4v) is 4.05. The molecule has 4 rings (SSSR count). The number of aromatic nitrogens is 2. The predicted molar refractivity (Wildman–Crippen MR) is 77.1 cm³/mol. The molecule has 6 nitrogen and oxygen atoms in total. The SMILES string of the molecule is O=C(O)C1=CSC2/C(=C/c3cc4n(n3)CCCC4)C(=O)N12. The van der Waals surface area contributed by atoms with Gasteiger partial charge in [-0.1, -0.05) is 0 Å². The second kappa shape index (κ2) is 4.49. The molecular weight excluding hydrogens is 290 g/mol. The molecule has 0 aromatic carbocycles. The van der Waals surface area contributed by atoms with E-state index in [1.54, 1.807) is 6.08 Å². The highest BCUT2D eigenvalue weighted by Gasteiger charge is 2.49. The first-order valence-electron chi connectivity index (χ1n) is 6.86. The number of hydrogen-bond acceptors (Lipinski definition) is 4. The molecule has 7 heteroatoms. The minimum absolute atomic E-state index is 0.0660. The molecule has 0 radical (unpaired) electrons. The zero-order valence-corrected chi connectivity index (χ0v) is 12.0. The first kappa shape index (κ1) is 12.7. The average Bonchev–Trinajstić information content (AvgIpc) is 3.05. The smallest absolute Gasteiger partial charge is 0.353 e. The maximum Gasteiger partial charge on any atom is 0.353 e. The third kappa shape index (κ3) is 1.84. The van der Waals surface area contributed by atoms with Gasteiger partial charge in [0.05, 0.1) is 11.3 Å². The van der Waals surface area contributed by atoms with E-state index in [1.807, 2.05) is 10.7 Å². The lowest BCUT2D eigenvalue weighted by molar-refractivity contribution is -0.141. The van der Waals surface area contributed by atoms with Crippen molar-refractivity contribution in [3.05, 3.63) is 34.1 Å². The molecule has 1 aromatic heterocycles. The number of β-lactam (4-membered cyclic amide) rings is 1. The molecule has 3 aliphatic rings. The maximum absolute atomic E-state index is 12.1. The van der Waals surface area contributed by atoms with Gasteiger partial charge in [-0.05, 0) is 31.4 Å². The summed E-state index contributed by atoms with van der Waals surface area (Å²) in [6.45, 7) is 0.932. The van der Waals surface area contributed by atoms with Crippen LogP contribution in [0.4, 0.5) is 0 Å². The Morgan fingerprint density at radius 3 is 3.10 bits per heavy atom. The van der Waals surface area contributed by atoms with Gasteiger partial charge in [0.2, 0.25) is 0 Å². The van der Waals surface area contributed by atoms with Crippen molar-refractivity contribution in [2.45, 2.75) is 31.2 Å². The van der Waals surface area contributed by atoms with Crippen molar-refractivity contribution >= 4 is 29.7 Å². The fourth-order valence-electron chi connectivity index (χ4n) is 2.94. The van der Waals surface area contributed by atoms with Gasteiger partial charge in [-0.25, -0.2) is 4.79 Å². The minimum Gasteiger partial charge on any atom is -0.477 e. The van der Waals surface area contributed by atoms with Crippen LogP contribution in [0.5, 0.6) is 0 Å². The average molecular weight is 303 g/mol. The molecule has 0 aliphatic carbocycles. The second-order valence-electron chi connectivity index (χ2n) is 5.31. The lowest BCUT2D eigenvalue weighted by atomic mass is 10.0. The number of aliphatic carboxylic acids is 1. The quantitative estimate of drug-likeness (QED) is 0.661. The van der Waals surface area contributed by atoms with Gasteiger partial charge in [-0.2, -0.15) is 5.10 Å². The standard InChI is InChI=1S/C14H13N3O3S/c18-12-10(13-17(12)11(7-21-13)14(19)20)6-8-5-9-3-1-2-4-16(9)15-8/h5-7,13H,1-4H2,(H,19,20)/b10-6+. The van der Waals surface area contributed by atoms with E-state index in [4.69, 9.17) is 5.11 Å². The summed E-state index contributed by atoms with van der Waals surface area (Å²) in [6, 6.07) is 2.02. The number of carbonyl (C=O) groups excluding carboxylic acids is 1. The number of fused-ring (bicyclic) bond motifs is 2.